The van der Waals surface area contributed by atoms with E-state index in [0.717, 1.165) is 60.3 Å². The van der Waals surface area contributed by atoms with Crippen LogP contribution in [0.15, 0.2) is 60.7 Å². The molecule has 8 nitrogen and oxygen atoms in total. The van der Waals surface area contributed by atoms with Crippen molar-refractivity contribution in [2.45, 2.75) is 71.1 Å². The van der Waals surface area contributed by atoms with Crippen molar-refractivity contribution in [3.8, 4) is 11.5 Å². The zero-order chi connectivity index (χ0) is 33.0. The maximum Gasteiger partial charge on any atom is 0.232 e. The summed E-state index contributed by atoms with van der Waals surface area (Å²) in [6.07, 6.45) is 3.39. The van der Waals surface area contributed by atoms with Crippen LogP contribution < -0.4 is 24.6 Å². The number of methoxy groups -OCH3 is 1. The number of aliphatic hydroxyl groups excluding tert-OH is 1. The molecule has 2 atom stereocenters. The molecule has 1 aliphatic heterocycles. The van der Waals surface area contributed by atoms with Gasteiger partial charge < -0.3 is 29.7 Å². The van der Waals surface area contributed by atoms with Crippen molar-refractivity contribution in [3.05, 3.63) is 82.4 Å². The van der Waals surface area contributed by atoms with Crippen molar-refractivity contribution in [1.29, 1.82) is 0 Å². The van der Waals surface area contributed by atoms with E-state index in [1.54, 1.807) is 14.0 Å². The SMILES string of the molecule is COc1cc2c(cc1OC(C)C)[C@H](c1ccc(Cl)cc1)N(c1ccc(N(C)C[C@H]3CC[C@H](C(=O)NC[C@@H](C)O)CC3)cc1)C(=O)C2. The van der Waals surface area contributed by atoms with Gasteiger partial charge in [0, 0.05) is 42.5 Å². The lowest BCUT2D eigenvalue weighted by atomic mass is 9.81. The number of hydrogen-bond acceptors (Lipinski definition) is 6. The molecule has 46 heavy (non-hydrogen) atoms. The molecule has 1 aliphatic carbocycles. The van der Waals surface area contributed by atoms with Gasteiger partial charge in [0.05, 0.1) is 31.8 Å². The number of ether oxygens (including phenoxy) is 2. The summed E-state index contributed by atoms with van der Waals surface area (Å²) >= 11 is 6.27. The van der Waals surface area contributed by atoms with E-state index in [1.807, 2.05) is 67.3 Å². The standard InChI is InChI=1S/C37H46ClN3O5/c1-23(2)46-34-20-32-28(18-33(34)45-5)19-35(43)41(36(32)26-10-12-29(38)13-11-26)31-16-14-30(15-17-31)40(4)22-25-6-8-27(9-7-25)37(44)39-21-24(3)42/h10-18,20,23-25,27,36,42H,6-9,19,21-22H2,1-5H3,(H,39,44)/t24-,25-,27-,36+/m1/s1. The number of fused-ring (bicyclic) bond motifs is 1. The fraction of sp³-hybridized carbons (Fsp3) is 0.459. The van der Waals surface area contributed by atoms with Crippen LogP contribution in [0.5, 0.6) is 11.5 Å². The molecular weight excluding hydrogens is 602 g/mol. The summed E-state index contributed by atoms with van der Waals surface area (Å²) in [7, 11) is 3.71. The van der Waals surface area contributed by atoms with Gasteiger partial charge in [-0.15, -0.1) is 0 Å². The van der Waals surface area contributed by atoms with Crippen LogP contribution in [-0.2, 0) is 16.0 Å². The number of carbonyl (C=O) groups is 2. The molecule has 0 radical (unpaired) electrons. The third-order valence-electron chi connectivity index (χ3n) is 9.03. The Hall–Kier alpha value is -3.75. The third kappa shape index (κ3) is 7.78. The smallest absolute Gasteiger partial charge is 0.232 e. The number of anilines is 2. The van der Waals surface area contributed by atoms with Gasteiger partial charge in [-0.1, -0.05) is 23.7 Å². The van der Waals surface area contributed by atoms with E-state index in [2.05, 4.69) is 29.4 Å². The Morgan fingerprint density at radius 2 is 1.70 bits per heavy atom. The van der Waals surface area contributed by atoms with Crippen LogP contribution in [0.1, 0.15) is 69.2 Å². The number of hydrogen-bond donors (Lipinski definition) is 2. The van der Waals surface area contributed by atoms with E-state index < -0.39 is 6.10 Å². The molecule has 0 bridgehead atoms. The van der Waals surface area contributed by atoms with Crippen molar-refractivity contribution in [1.82, 2.24) is 5.32 Å². The number of benzene rings is 3. The lowest BCUT2D eigenvalue weighted by Gasteiger charge is -2.38. The van der Waals surface area contributed by atoms with E-state index in [0.29, 0.717) is 29.0 Å². The molecule has 1 fully saturated rings. The zero-order valence-corrected chi connectivity index (χ0v) is 28.2. The van der Waals surface area contributed by atoms with E-state index in [9.17, 15) is 14.7 Å². The first kappa shape index (κ1) is 33.6. The molecule has 0 unspecified atom stereocenters. The van der Waals surface area contributed by atoms with Gasteiger partial charge in [-0.25, -0.2) is 0 Å². The Morgan fingerprint density at radius 1 is 1.02 bits per heavy atom. The Kier molecular flexibility index (Phi) is 10.8. The molecule has 246 valence electrons. The molecule has 2 amide bonds. The average Bonchev–Trinajstić information content (AvgIpc) is 3.03. The molecular formula is C37H46ClN3O5. The van der Waals surface area contributed by atoms with E-state index in [1.165, 1.54) is 0 Å². The van der Waals surface area contributed by atoms with Crippen LogP contribution in [0.25, 0.3) is 0 Å². The van der Waals surface area contributed by atoms with Crippen molar-refractivity contribution in [2.75, 3.05) is 37.0 Å². The van der Waals surface area contributed by atoms with Gasteiger partial charge in [0.1, 0.15) is 0 Å². The van der Waals surface area contributed by atoms with Crippen molar-refractivity contribution < 1.29 is 24.2 Å². The summed E-state index contributed by atoms with van der Waals surface area (Å²) in [4.78, 5) is 30.5. The largest absolute Gasteiger partial charge is 0.493 e. The number of nitrogens with one attached hydrogen (secondary N) is 1. The third-order valence-corrected chi connectivity index (χ3v) is 9.28. The molecule has 1 saturated carbocycles. The number of amides is 2. The first-order valence-electron chi connectivity index (χ1n) is 16.3. The topological polar surface area (TPSA) is 91.3 Å². The van der Waals surface area contributed by atoms with Crippen LogP contribution in [0.2, 0.25) is 5.02 Å². The van der Waals surface area contributed by atoms with Gasteiger partial charge in [-0.2, -0.15) is 0 Å². The molecule has 3 aromatic rings. The fourth-order valence-electron chi connectivity index (χ4n) is 6.69. The van der Waals surface area contributed by atoms with E-state index >= 15 is 0 Å². The van der Waals surface area contributed by atoms with E-state index in [4.69, 9.17) is 21.1 Å². The number of rotatable bonds is 11. The van der Waals surface area contributed by atoms with Crippen molar-refractivity contribution >= 4 is 34.8 Å². The summed E-state index contributed by atoms with van der Waals surface area (Å²) in [5.41, 5.74) is 4.76. The molecule has 5 rings (SSSR count). The van der Waals surface area contributed by atoms with Gasteiger partial charge in [-0.05, 0) is 118 Å². The molecule has 1 heterocycles. The predicted octanol–water partition coefficient (Wildman–Crippen LogP) is 6.55. The highest BCUT2D eigenvalue weighted by atomic mass is 35.5. The highest BCUT2D eigenvalue weighted by Gasteiger charge is 2.36. The molecule has 0 spiro atoms. The summed E-state index contributed by atoms with van der Waals surface area (Å²) in [6.45, 7) is 6.84. The monoisotopic (exact) mass is 647 g/mol. The number of halogens is 1. The van der Waals surface area contributed by atoms with E-state index in [-0.39, 0.29) is 36.3 Å². The van der Waals surface area contributed by atoms with Crippen LogP contribution in [0.3, 0.4) is 0 Å². The Bertz CT molecular complexity index is 1500. The van der Waals surface area contributed by atoms with Crippen molar-refractivity contribution in [3.63, 3.8) is 0 Å². The predicted molar refractivity (Wildman–Crippen MR) is 183 cm³/mol. The number of nitrogens with zero attached hydrogens (tertiary/aromatic N) is 2. The van der Waals surface area contributed by atoms with Gasteiger partial charge >= 0.3 is 0 Å². The van der Waals surface area contributed by atoms with Crippen molar-refractivity contribution in [2.24, 2.45) is 11.8 Å². The van der Waals surface area contributed by atoms with Crippen LogP contribution >= 0.6 is 11.6 Å². The quantitative estimate of drug-likeness (QED) is 0.245. The van der Waals surface area contributed by atoms with Crippen LogP contribution in [-0.4, -0.2) is 56.4 Å². The summed E-state index contributed by atoms with van der Waals surface area (Å²) in [6, 6.07) is 19.4. The van der Waals surface area contributed by atoms with Crippen LogP contribution in [0, 0.1) is 11.8 Å². The second-order valence-corrected chi connectivity index (χ2v) is 13.4. The van der Waals surface area contributed by atoms with Gasteiger partial charge in [0.2, 0.25) is 11.8 Å². The zero-order valence-electron chi connectivity index (χ0n) is 27.5. The van der Waals surface area contributed by atoms with Crippen LogP contribution in [0.4, 0.5) is 11.4 Å². The minimum atomic E-state index is -0.534. The minimum absolute atomic E-state index is 0.00220. The minimum Gasteiger partial charge on any atom is -0.493 e. The Morgan fingerprint density at radius 3 is 2.30 bits per heavy atom. The van der Waals surface area contributed by atoms with Gasteiger partial charge in [0.25, 0.3) is 0 Å². The summed E-state index contributed by atoms with van der Waals surface area (Å²) in [5.74, 6) is 1.84. The molecule has 2 aliphatic rings. The second kappa shape index (κ2) is 14.8. The highest BCUT2D eigenvalue weighted by molar-refractivity contribution is 6.30. The highest BCUT2D eigenvalue weighted by Crippen LogP contribution is 2.44. The maximum atomic E-state index is 13.9. The molecule has 0 aromatic heterocycles. The molecule has 0 saturated heterocycles. The summed E-state index contributed by atoms with van der Waals surface area (Å²) in [5, 5.41) is 13.0. The fourth-order valence-corrected chi connectivity index (χ4v) is 6.82. The molecule has 3 aromatic carbocycles. The van der Waals surface area contributed by atoms with Gasteiger partial charge in [-0.3, -0.25) is 9.59 Å². The number of carbonyl (C=O) groups excluding carboxylic acids is 2. The lowest BCUT2D eigenvalue weighted by Crippen LogP contribution is -2.41. The van der Waals surface area contributed by atoms with Gasteiger partial charge in [0.15, 0.2) is 11.5 Å². The number of aliphatic hydroxyl groups is 1. The Balaban J connectivity index is 1.35. The molecule has 2 N–H and O–H groups in total. The normalized spacial score (nSPS) is 20.2. The lowest BCUT2D eigenvalue weighted by molar-refractivity contribution is -0.126. The first-order valence-corrected chi connectivity index (χ1v) is 16.6. The first-order chi connectivity index (χ1) is 22.0. The maximum absolute atomic E-state index is 13.9. The Labute approximate surface area is 277 Å². The summed E-state index contributed by atoms with van der Waals surface area (Å²) < 4.78 is 11.8. The second-order valence-electron chi connectivity index (χ2n) is 13.0. The average molecular weight is 648 g/mol. The molecule has 9 heteroatoms.